The molecule has 1 aliphatic carbocycles. The van der Waals surface area contributed by atoms with Crippen molar-refractivity contribution in [2.24, 2.45) is 11.7 Å². The summed E-state index contributed by atoms with van der Waals surface area (Å²) in [7, 11) is 0. The summed E-state index contributed by atoms with van der Waals surface area (Å²) in [6, 6.07) is 0.224. The number of carbonyl (C=O) groups is 1. The van der Waals surface area contributed by atoms with E-state index in [1.54, 1.807) is 0 Å². The number of nitrogens with two attached hydrogens (primary N) is 1. The third-order valence-corrected chi connectivity index (χ3v) is 4.61. The Morgan fingerprint density at radius 2 is 1.95 bits per heavy atom. The van der Waals surface area contributed by atoms with Gasteiger partial charge in [0.05, 0.1) is 12.7 Å². The number of rotatable bonds is 5. The van der Waals surface area contributed by atoms with Crippen molar-refractivity contribution in [3.05, 3.63) is 0 Å². The molecule has 2 unspecified atom stereocenters. The van der Waals surface area contributed by atoms with Crippen molar-refractivity contribution >= 4 is 5.91 Å². The normalized spacial score (nSPS) is 28.1. The van der Waals surface area contributed by atoms with Crippen molar-refractivity contribution in [2.45, 2.75) is 51.7 Å². The summed E-state index contributed by atoms with van der Waals surface area (Å²) in [6.07, 6.45) is 4.37. The minimum atomic E-state index is 0.171. The maximum atomic E-state index is 12.5. The van der Waals surface area contributed by atoms with E-state index in [-0.39, 0.29) is 12.0 Å². The van der Waals surface area contributed by atoms with E-state index >= 15 is 0 Å². The molecule has 1 aliphatic heterocycles. The fraction of sp³-hybridized carbons (Fsp3) is 0.938. The molecule has 0 radical (unpaired) electrons. The van der Waals surface area contributed by atoms with Crippen LogP contribution in [-0.4, -0.2) is 67.2 Å². The minimum Gasteiger partial charge on any atom is -0.377 e. The van der Waals surface area contributed by atoms with Gasteiger partial charge in [-0.1, -0.05) is 6.42 Å². The third-order valence-electron chi connectivity index (χ3n) is 4.61. The molecule has 1 saturated heterocycles. The van der Waals surface area contributed by atoms with E-state index in [1.807, 2.05) is 4.90 Å². The van der Waals surface area contributed by atoms with Crippen molar-refractivity contribution in [1.82, 2.24) is 9.80 Å². The highest BCUT2D eigenvalue weighted by molar-refractivity contribution is 5.79. The largest absolute Gasteiger partial charge is 0.377 e. The predicted molar refractivity (Wildman–Crippen MR) is 84.0 cm³/mol. The first-order chi connectivity index (χ1) is 10.1. The number of ether oxygens (including phenoxy) is 1. The SMILES string of the molecule is CC(C)OCCN1CCN(C(=O)C2CCCC(N)C2)CC1. The number of nitrogens with zero attached hydrogens (tertiary/aromatic N) is 2. The van der Waals surface area contributed by atoms with Crippen molar-refractivity contribution in [3.63, 3.8) is 0 Å². The zero-order valence-corrected chi connectivity index (χ0v) is 13.6. The highest BCUT2D eigenvalue weighted by Crippen LogP contribution is 2.25. The lowest BCUT2D eigenvalue weighted by Crippen LogP contribution is -2.51. The van der Waals surface area contributed by atoms with E-state index < -0.39 is 0 Å². The van der Waals surface area contributed by atoms with Crippen LogP contribution in [0.3, 0.4) is 0 Å². The Bertz CT molecular complexity index is 327. The topological polar surface area (TPSA) is 58.8 Å². The van der Waals surface area contributed by atoms with Gasteiger partial charge in [0.15, 0.2) is 0 Å². The highest BCUT2D eigenvalue weighted by Gasteiger charge is 2.30. The van der Waals surface area contributed by atoms with Crippen LogP contribution in [0.5, 0.6) is 0 Å². The summed E-state index contributed by atoms with van der Waals surface area (Å²) in [4.78, 5) is 17.0. The number of piperazine rings is 1. The average Bonchev–Trinajstić information content (AvgIpc) is 2.47. The van der Waals surface area contributed by atoms with Crippen LogP contribution in [0.15, 0.2) is 0 Å². The van der Waals surface area contributed by atoms with Crippen molar-refractivity contribution < 1.29 is 9.53 Å². The maximum absolute atomic E-state index is 12.5. The molecule has 2 aliphatic rings. The second-order valence-corrected chi connectivity index (χ2v) is 6.71. The van der Waals surface area contributed by atoms with Crippen LogP contribution in [0.2, 0.25) is 0 Å². The molecule has 21 heavy (non-hydrogen) atoms. The molecule has 0 aromatic rings. The molecule has 0 aromatic carbocycles. The van der Waals surface area contributed by atoms with Gasteiger partial charge in [-0.05, 0) is 33.1 Å². The van der Waals surface area contributed by atoms with Crippen LogP contribution >= 0.6 is 0 Å². The molecule has 0 spiro atoms. The van der Waals surface area contributed by atoms with Crippen LogP contribution in [-0.2, 0) is 9.53 Å². The van der Waals surface area contributed by atoms with E-state index in [0.717, 1.165) is 65.0 Å². The maximum Gasteiger partial charge on any atom is 0.225 e. The molecule has 2 fully saturated rings. The van der Waals surface area contributed by atoms with E-state index in [9.17, 15) is 4.79 Å². The number of amides is 1. The molecule has 2 N–H and O–H groups in total. The standard InChI is InChI=1S/C16H31N3O2/c1-13(2)21-11-10-18-6-8-19(9-7-18)16(20)14-4-3-5-15(17)12-14/h13-15H,3-12,17H2,1-2H3. The summed E-state index contributed by atoms with van der Waals surface area (Å²) in [5.41, 5.74) is 6.00. The molecule has 5 nitrogen and oxygen atoms in total. The first kappa shape index (κ1) is 16.7. The fourth-order valence-electron chi connectivity index (χ4n) is 3.32. The number of carbonyl (C=O) groups excluding carboxylic acids is 1. The zero-order valence-electron chi connectivity index (χ0n) is 13.6. The molecule has 2 atom stereocenters. The summed E-state index contributed by atoms with van der Waals surface area (Å²) in [6.45, 7) is 9.50. The Morgan fingerprint density at radius 1 is 1.24 bits per heavy atom. The smallest absolute Gasteiger partial charge is 0.225 e. The Balaban J connectivity index is 1.69. The van der Waals surface area contributed by atoms with Crippen molar-refractivity contribution in [2.75, 3.05) is 39.3 Å². The van der Waals surface area contributed by atoms with E-state index in [2.05, 4.69) is 18.7 Å². The molecule has 1 amide bonds. The van der Waals surface area contributed by atoms with Gasteiger partial charge >= 0.3 is 0 Å². The molecule has 0 aromatic heterocycles. The summed E-state index contributed by atoms with van der Waals surface area (Å²) >= 11 is 0. The molecular weight excluding hydrogens is 266 g/mol. The third kappa shape index (κ3) is 5.24. The van der Waals surface area contributed by atoms with Crippen molar-refractivity contribution in [3.8, 4) is 0 Å². The second kappa shape index (κ2) is 8.11. The van der Waals surface area contributed by atoms with Gasteiger partial charge in [-0.15, -0.1) is 0 Å². The lowest BCUT2D eigenvalue weighted by Gasteiger charge is -2.37. The van der Waals surface area contributed by atoms with E-state index in [0.29, 0.717) is 12.0 Å². The van der Waals surface area contributed by atoms with Gasteiger partial charge in [0.1, 0.15) is 0 Å². The number of hydrogen-bond acceptors (Lipinski definition) is 4. The minimum absolute atomic E-state index is 0.171. The van der Waals surface area contributed by atoms with Gasteiger partial charge in [-0.25, -0.2) is 0 Å². The summed E-state index contributed by atoms with van der Waals surface area (Å²) < 4.78 is 5.59. The molecule has 0 bridgehead atoms. The van der Waals surface area contributed by atoms with Crippen LogP contribution in [0, 0.1) is 5.92 Å². The van der Waals surface area contributed by atoms with Gasteiger partial charge in [0.25, 0.3) is 0 Å². The summed E-state index contributed by atoms with van der Waals surface area (Å²) in [5.74, 6) is 0.507. The zero-order chi connectivity index (χ0) is 15.2. The van der Waals surface area contributed by atoms with Gasteiger partial charge in [-0.2, -0.15) is 0 Å². The molecular formula is C16H31N3O2. The predicted octanol–water partition coefficient (Wildman–Crippen LogP) is 1.07. The van der Waals surface area contributed by atoms with Crippen LogP contribution in [0.1, 0.15) is 39.5 Å². The van der Waals surface area contributed by atoms with Crippen LogP contribution in [0.25, 0.3) is 0 Å². The van der Waals surface area contributed by atoms with Crippen LogP contribution < -0.4 is 5.73 Å². The molecule has 1 heterocycles. The molecule has 5 heteroatoms. The quantitative estimate of drug-likeness (QED) is 0.825. The van der Waals surface area contributed by atoms with Gasteiger partial charge < -0.3 is 15.4 Å². The Morgan fingerprint density at radius 3 is 2.57 bits per heavy atom. The second-order valence-electron chi connectivity index (χ2n) is 6.71. The first-order valence-corrected chi connectivity index (χ1v) is 8.44. The average molecular weight is 297 g/mol. The Labute approximate surface area is 128 Å². The Kier molecular flexibility index (Phi) is 6.45. The monoisotopic (exact) mass is 297 g/mol. The van der Waals surface area contributed by atoms with Crippen LogP contribution in [0.4, 0.5) is 0 Å². The molecule has 2 rings (SSSR count). The van der Waals surface area contributed by atoms with Crippen molar-refractivity contribution in [1.29, 1.82) is 0 Å². The lowest BCUT2D eigenvalue weighted by atomic mass is 9.85. The summed E-state index contributed by atoms with van der Waals surface area (Å²) in [5, 5.41) is 0. The molecule has 122 valence electrons. The fourth-order valence-corrected chi connectivity index (χ4v) is 3.32. The van der Waals surface area contributed by atoms with E-state index in [1.165, 1.54) is 0 Å². The first-order valence-electron chi connectivity index (χ1n) is 8.44. The highest BCUT2D eigenvalue weighted by atomic mass is 16.5. The van der Waals surface area contributed by atoms with Gasteiger partial charge in [-0.3, -0.25) is 9.69 Å². The van der Waals surface area contributed by atoms with Gasteiger partial charge in [0, 0.05) is 44.7 Å². The van der Waals surface area contributed by atoms with E-state index in [4.69, 9.17) is 10.5 Å². The lowest BCUT2D eigenvalue weighted by molar-refractivity contribution is -0.138. The molecule has 1 saturated carbocycles. The number of hydrogen-bond donors (Lipinski definition) is 1. The van der Waals surface area contributed by atoms with Gasteiger partial charge in [0.2, 0.25) is 5.91 Å². The Hall–Kier alpha value is -0.650.